The minimum absolute atomic E-state index is 0.258. The molecule has 0 bridgehead atoms. The second-order valence-electron chi connectivity index (χ2n) is 10.8. The molecule has 34 heavy (non-hydrogen) atoms. The van der Waals surface area contributed by atoms with E-state index < -0.39 is 23.7 Å². The first kappa shape index (κ1) is 26.8. The average molecular weight is 485 g/mol. The third-order valence-electron chi connectivity index (χ3n) is 8.10. The van der Waals surface area contributed by atoms with E-state index in [0.29, 0.717) is 12.3 Å². The van der Waals surface area contributed by atoms with E-state index in [1.807, 2.05) is 58.9 Å². The number of carbonyl (C=O) groups is 1. The minimum atomic E-state index is -0.829. The lowest BCUT2D eigenvalue weighted by molar-refractivity contribution is -0.147. The van der Waals surface area contributed by atoms with Crippen LogP contribution in [0.25, 0.3) is 0 Å². The van der Waals surface area contributed by atoms with Crippen molar-refractivity contribution in [3.8, 4) is 0 Å². The lowest BCUT2D eigenvalue weighted by Gasteiger charge is -2.32. The average Bonchev–Trinajstić information content (AvgIpc) is 3.02. The summed E-state index contributed by atoms with van der Waals surface area (Å²) in [5.74, 6) is 0.195. The van der Waals surface area contributed by atoms with Gasteiger partial charge in [-0.1, -0.05) is 30.3 Å². The van der Waals surface area contributed by atoms with Crippen LogP contribution in [0.1, 0.15) is 74.4 Å². The molecule has 2 aromatic rings. The van der Waals surface area contributed by atoms with Gasteiger partial charge in [-0.15, -0.1) is 11.6 Å². The highest BCUT2D eigenvalue weighted by molar-refractivity contribution is 6.62. The van der Waals surface area contributed by atoms with Crippen LogP contribution in [0.5, 0.6) is 0 Å². The summed E-state index contributed by atoms with van der Waals surface area (Å²) >= 11 is 6.34. The van der Waals surface area contributed by atoms with Gasteiger partial charge in [-0.05, 0) is 107 Å². The number of rotatable bonds is 7. The van der Waals surface area contributed by atoms with Gasteiger partial charge in [0, 0.05) is 5.88 Å². The lowest BCUT2D eigenvalue weighted by atomic mass is 9.72. The van der Waals surface area contributed by atoms with Gasteiger partial charge in [0.2, 0.25) is 0 Å². The second kappa shape index (κ2) is 9.68. The zero-order valence-electron chi connectivity index (χ0n) is 22.1. The molecule has 1 aliphatic rings. The number of hydrogen-bond donors (Lipinski definition) is 0. The summed E-state index contributed by atoms with van der Waals surface area (Å²) in [4.78, 5) is 13.1. The Hall–Kier alpha value is -1.82. The molecular weight excluding hydrogens is 447 g/mol. The summed E-state index contributed by atoms with van der Waals surface area (Å²) in [5.41, 5.74) is 6.17. The van der Waals surface area contributed by atoms with Gasteiger partial charge >= 0.3 is 13.1 Å². The van der Waals surface area contributed by atoms with Gasteiger partial charge in [0.15, 0.2) is 0 Å². The summed E-state index contributed by atoms with van der Waals surface area (Å²) < 4.78 is 17.8. The number of benzene rings is 2. The van der Waals surface area contributed by atoms with E-state index in [0.717, 1.165) is 23.0 Å². The summed E-state index contributed by atoms with van der Waals surface area (Å²) in [6, 6.07) is 10.2. The first-order chi connectivity index (χ1) is 15.8. The molecule has 6 heteroatoms. The van der Waals surface area contributed by atoms with E-state index >= 15 is 0 Å². The van der Waals surface area contributed by atoms with E-state index in [4.69, 9.17) is 25.6 Å². The largest absolute Gasteiger partial charge is 0.494 e. The Labute approximate surface area is 210 Å². The van der Waals surface area contributed by atoms with Crippen LogP contribution < -0.4 is 5.46 Å². The molecule has 4 nitrogen and oxygen atoms in total. The van der Waals surface area contributed by atoms with Gasteiger partial charge in [-0.3, -0.25) is 4.79 Å². The Morgan fingerprint density at radius 1 is 1.06 bits per heavy atom. The van der Waals surface area contributed by atoms with Crippen molar-refractivity contribution in [1.29, 1.82) is 0 Å². The van der Waals surface area contributed by atoms with E-state index in [2.05, 4.69) is 26.8 Å². The molecule has 0 radical (unpaired) electrons. The zero-order chi connectivity index (χ0) is 25.5. The molecule has 0 aromatic heterocycles. The third-order valence-corrected chi connectivity index (χ3v) is 8.37. The lowest BCUT2D eigenvalue weighted by Crippen LogP contribution is -2.41. The normalized spacial score (nSPS) is 18.6. The Balaban J connectivity index is 1.96. The van der Waals surface area contributed by atoms with Gasteiger partial charge < -0.3 is 14.0 Å². The smallest absolute Gasteiger partial charge is 0.468 e. The van der Waals surface area contributed by atoms with Crippen LogP contribution in [-0.4, -0.2) is 31.4 Å². The van der Waals surface area contributed by atoms with Crippen LogP contribution in [-0.2, 0) is 36.6 Å². The van der Waals surface area contributed by atoms with Crippen molar-refractivity contribution < 1.29 is 18.8 Å². The molecular formula is C28H38BClO4. The summed E-state index contributed by atoms with van der Waals surface area (Å²) in [5, 5.41) is 0. The van der Waals surface area contributed by atoms with Crippen molar-refractivity contribution in [2.45, 2.75) is 90.7 Å². The number of ether oxygens (including phenoxy) is 1. The zero-order valence-corrected chi connectivity index (χ0v) is 22.9. The molecule has 184 valence electrons. The maximum Gasteiger partial charge on any atom is 0.494 e. The highest BCUT2D eigenvalue weighted by atomic mass is 35.5. The Kier molecular flexibility index (Phi) is 7.62. The molecule has 0 aliphatic carbocycles. The fourth-order valence-electron chi connectivity index (χ4n) is 4.61. The summed E-state index contributed by atoms with van der Waals surface area (Å²) in [7, 11) is 0.959. The molecule has 0 spiro atoms. The van der Waals surface area contributed by atoms with Crippen molar-refractivity contribution in [2.75, 3.05) is 7.11 Å². The van der Waals surface area contributed by atoms with E-state index in [-0.39, 0.29) is 5.97 Å². The Morgan fingerprint density at radius 3 is 2.24 bits per heavy atom. The third kappa shape index (κ3) is 4.80. The number of carbonyl (C=O) groups excluding carboxylic acids is 1. The van der Waals surface area contributed by atoms with Crippen LogP contribution in [0.4, 0.5) is 0 Å². The summed E-state index contributed by atoms with van der Waals surface area (Å²) in [6.45, 7) is 16.5. The van der Waals surface area contributed by atoms with Crippen LogP contribution in [0.3, 0.4) is 0 Å². The molecule has 3 rings (SSSR count). The van der Waals surface area contributed by atoms with Gasteiger partial charge in [0.25, 0.3) is 0 Å². The number of methoxy groups -OCH3 is 1. The number of esters is 1. The Bertz CT molecular complexity index is 1060. The van der Waals surface area contributed by atoms with Gasteiger partial charge in [-0.2, -0.15) is 0 Å². The van der Waals surface area contributed by atoms with Crippen molar-refractivity contribution in [3.63, 3.8) is 0 Å². The topological polar surface area (TPSA) is 44.8 Å². The van der Waals surface area contributed by atoms with Gasteiger partial charge in [0.1, 0.15) is 0 Å². The highest BCUT2D eigenvalue weighted by Crippen LogP contribution is 2.37. The number of hydrogen-bond acceptors (Lipinski definition) is 4. The molecule has 1 fully saturated rings. The molecule has 1 atom stereocenters. The van der Waals surface area contributed by atoms with Crippen molar-refractivity contribution in [1.82, 2.24) is 0 Å². The highest BCUT2D eigenvalue weighted by Gasteiger charge is 2.52. The fourth-order valence-corrected chi connectivity index (χ4v) is 4.98. The van der Waals surface area contributed by atoms with Gasteiger partial charge in [-0.25, -0.2) is 0 Å². The minimum Gasteiger partial charge on any atom is -0.468 e. The molecule has 1 saturated heterocycles. The monoisotopic (exact) mass is 484 g/mol. The standard InChI is InChI=1S/C28H38BClO4/c1-18-15-21(24(17-30)20(3)19(18)2)13-14-28(8,25(31)32-9)22-11-10-12-23(16-22)29-33-26(4,5)27(6,7)34-29/h10-12,15-16H,13-14,17H2,1-9H3. The number of alkyl halides is 1. The molecule has 0 amide bonds. The van der Waals surface area contributed by atoms with Crippen LogP contribution in [0, 0.1) is 20.8 Å². The van der Waals surface area contributed by atoms with Crippen molar-refractivity contribution in [2.24, 2.45) is 0 Å². The van der Waals surface area contributed by atoms with Crippen molar-refractivity contribution in [3.05, 3.63) is 63.7 Å². The number of aryl methyl sites for hydroxylation is 2. The molecule has 0 saturated carbocycles. The van der Waals surface area contributed by atoms with Gasteiger partial charge in [0.05, 0.1) is 23.7 Å². The first-order valence-corrected chi connectivity index (χ1v) is 12.5. The first-order valence-electron chi connectivity index (χ1n) is 12.0. The van der Waals surface area contributed by atoms with E-state index in [1.54, 1.807) is 0 Å². The predicted molar refractivity (Wildman–Crippen MR) is 140 cm³/mol. The fraction of sp³-hybridized carbons (Fsp3) is 0.536. The van der Waals surface area contributed by atoms with E-state index in [1.165, 1.54) is 29.4 Å². The van der Waals surface area contributed by atoms with E-state index in [9.17, 15) is 4.79 Å². The quantitative estimate of drug-likeness (QED) is 0.287. The van der Waals surface area contributed by atoms with Crippen LogP contribution >= 0.6 is 11.6 Å². The maximum absolute atomic E-state index is 13.1. The molecule has 0 N–H and O–H groups in total. The summed E-state index contributed by atoms with van der Waals surface area (Å²) in [6.07, 6.45) is 1.31. The Morgan fingerprint density at radius 2 is 1.68 bits per heavy atom. The van der Waals surface area contributed by atoms with Crippen molar-refractivity contribution >= 4 is 30.2 Å². The van der Waals surface area contributed by atoms with Crippen LogP contribution in [0.15, 0.2) is 30.3 Å². The molecule has 1 heterocycles. The second-order valence-corrected chi connectivity index (χ2v) is 11.0. The molecule has 1 unspecified atom stereocenters. The SMILES string of the molecule is COC(=O)C(C)(CCc1cc(C)c(C)c(C)c1CCl)c1cccc(B2OC(C)(C)C(C)(C)O2)c1. The molecule has 1 aliphatic heterocycles. The molecule has 2 aromatic carbocycles. The number of halogens is 1. The maximum atomic E-state index is 13.1. The van der Waals surface area contributed by atoms with Crippen LogP contribution in [0.2, 0.25) is 0 Å². The predicted octanol–water partition coefficient (Wildman–Crippen LogP) is 5.71.